The number of carboxylic acid groups (broad SMARTS) is 3. The second-order valence-electron chi connectivity index (χ2n) is 16.9. The molecule has 13 N–H and O–H groups in total. The normalized spacial score (nSPS) is 15.9. The number of aromatic hydroxyl groups is 1. The van der Waals surface area contributed by atoms with E-state index in [0.717, 1.165) is 0 Å². The third-order valence-electron chi connectivity index (χ3n) is 10.6. The summed E-state index contributed by atoms with van der Waals surface area (Å²) in [5, 5.41) is 55.2. The smallest absolute Gasteiger partial charge is 0.326 e. The summed E-state index contributed by atoms with van der Waals surface area (Å²) >= 11 is 1.43. The Kier molecular flexibility index (Phi) is 24.3. The fraction of sp³-hybridized carbons (Fsp3) is 0.605. The van der Waals surface area contributed by atoms with Gasteiger partial charge in [0.2, 0.25) is 47.3 Å². The Morgan fingerprint density at radius 3 is 1.90 bits per heavy atom. The lowest BCUT2D eigenvalue weighted by atomic mass is 9.98. The Bertz CT molecular complexity index is 1970. The number of phenolic OH excluding ortho intramolecular Hbond substituents is 1. The zero-order chi connectivity index (χ0) is 51.2. The van der Waals surface area contributed by atoms with E-state index in [-0.39, 0.29) is 50.4 Å². The molecule has 0 unspecified atom stereocenters. The van der Waals surface area contributed by atoms with Gasteiger partial charge in [-0.1, -0.05) is 39.8 Å². The minimum Gasteiger partial charge on any atom is -0.508 e. The molecule has 2 rings (SSSR count). The SMILES string of the molecule is CSCC[C@H](NC(=O)CN)C(=O)N1CCC[C@H]1C(=O)N[C@@H](CCC(=O)O)C(=O)NCC(=O)N[C@@H](CC(=O)O)C(=O)N[C@@H](CC(C)C)C(=O)N[C@H](C(=O)N[C@@H](Cc1ccc(O)cc1)C(=O)O)C(C)C. The van der Waals surface area contributed by atoms with Gasteiger partial charge in [0.05, 0.1) is 19.5 Å². The summed E-state index contributed by atoms with van der Waals surface area (Å²) in [4.78, 5) is 143. The second-order valence-corrected chi connectivity index (χ2v) is 17.9. The van der Waals surface area contributed by atoms with Gasteiger partial charge in [0.25, 0.3) is 0 Å². The minimum atomic E-state index is -1.82. The number of aliphatic carboxylic acids is 3. The molecule has 1 fully saturated rings. The molecule has 24 nitrogen and oxygen atoms in total. The van der Waals surface area contributed by atoms with Gasteiger partial charge in [-0.15, -0.1) is 0 Å². The molecule has 0 aromatic heterocycles. The number of phenols is 1. The van der Waals surface area contributed by atoms with E-state index in [1.807, 2.05) is 6.26 Å². The highest BCUT2D eigenvalue weighted by atomic mass is 32.2. The van der Waals surface area contributed by atoms with Crippen molar-refractivity contribution in [2.45, 2.75) is 121 Å². The number of amides is 8. The lowest BCUT2D eigenvalue weighted by molar-refractivity contribution is -0.143. The van der Waals surface area contributed by atoms with Gasteiger partial charge in [0, 0.05) is 19.4 Å². The average Bonchev–Trinajstić information content (AvgIpc) is 3.77. The van der Waals surface area contributed by atoms with Crippen LogP contribution in [0.4, 0.5) is 0 Å². The molecule has 25 heteroatoms. The molecule has 0 bridgehead atoms. The van der Waals surface area contributed by atoms with Crippen LogP contribution in [0.3, 0.4) is 0 Å². The van der Waals surface area contributed by atoms with E-state index in [2.05, 4.69) is 37.2 Å². The molecule has 0 radical (unpaired) electrons. The van der Waals surface area contributed by atoms with Gasteiger partial charge in [0.15, 0.2) is 0 Å². The van der Waals surface area contributed by atoms with Crippen molar-refractivity contribution in [2.24, 2.45) is 17.6 Å². The van der Waals surface area contributed by atoms with Gasteiger partial charge in [-0.05, 0) is 73.6 Å². The highest BCUT2D eigenvalue weighted by Gasteiger charge is 2.39. The molecule has 378 valence electrons. The van der Waals surface area contributed by atoms with Crippen LogP contribution in [0, 0.1) is 11.8 Å². The molecule has 1 aromatic carbocycles. The molecule has 1 saturated heterocycles. The maximum atomic E-state index is 13.7. The summed E-state index contributed by atoms with van der Waals surface area (Å²) in [6, 6.07) is -3.89. The average molecular weight is 980 g/mol. The van der Waals surface area contributed by atoms with Gasteiger partial charge in [-0.2, -0.15) is 11.8 Å². The standard InChI is InChI=1S/C43H65N9O15S/c1-22(2)17-28(39(62)51-36(23(3)4)41(64)50-30(43(66)67)18-24-8-10-25(53)11-9-24)49-38(61)29(19-35(58)59)47-33(55)21-45-37(60)26(12-13-34(56)57)48-40(63)31-7-6-15-52(31)42(65)27(14-16-68-5)46-32(54)20-44/h8-11,22-23,26-31,36,53H,6-7,12-21,44H2,1-5H3,(H,45,60)(H,46,54)(H,47,55)(H,48,63)(H,49,61)(H,50,64)(H,51,62)(H,56,57)(H,58,59)(H,66,67)/t26-,27-,28-,29-,30-,31-,36-/m0/s1. The number of benzene rings is 1. The van der Waals surface area contributed by atoms with Crippen LogP contribution in [0.5, 0.6) is 5.75 Å². The molecule has 1 aliphatic rings. The van der Waals surface area contributed by atoms with Crippen LogP contribution in [0.15, 0.2) is 24.3 Å². The number of nitrogens with one attached hydrogen (secondary N) is 7. The molecule has 8 amide bonds. The largest absolute Gasteiger partial charge is 0.508 e. The summed E-state index contributed by atoms with van der Waals surface area (Å²) < 4.78 is 0. The van der Waals surface area contributed by atoms with Crippen LogP contribution in [0.25, 0.3) is 0 Å². The van der Waals surface area contributed by atoms with Crippen molar-refractivity contribution in [3.63, 3.8) is 0 Å². The third kappa shape index (κ3) is 19.8. The van der Waals surface area contributed by atoms with E-state index in [1.165, 1.54) is 40.9 Å². The molecule has 1 heterocycles. The van der Waals surface area contributed by atoms with Crippen LogP contribution < -0.4 is 43.0 Å². The topological polar surface area (TPSA) is 382 Å². The maximum absolute atomic E-state index is 13.7. The quantitative estimate of drug-likeness (QED) is 0.0405. The second kappa shape index (κ2) is 28.6. The minimum absolute atomic E-state index is 0.0356. The van der Waals surface area contributed by atoms with Gasteiger partial charge >= 0.3 is 17.9 Å². The van der Waals surface area contributed by atoms with Crippen LogP contribution >= 0.6 is 11.8 Å². The number of likely N-dealkylation sites (tertiary alicyclic amines) is 1. The number of carbonyl (C=O) groups excluding carboxylic acids is 8. The highest BCUT2D eigenvalue weighted by Crippen LogP contribution is 2.21. The van der Waals surface area contributed by atoms with E-state index in [0.29, 0.717) is 17.7 Å². The van der Waals surface area contributed by atoms with Crippen LogP contribution in [-0.4, -0.2) is 164 Å². The zero-order valence-corrected chi connectivity index (χ0v) is 39.5. The van der Waals surface area contributed by atoms with Crippen molar-refractivity contribution in [1.29, 1.82) is 0 Å². The van der Waals surface area contributed by atoms with Gasteiger partial charge in [-0.25, -0.2) is 4.79 Å². The predicted molar refractivity (Wildman–Crippen MR) is 244 cm³/mol. The van der Waals surface area contributed by atoms with Crippen molar-refractivity contribution in [3.8, 4) is 5.75 Å². The Morgan fingerprint density at radius 2 is 1.34 bits per heavy atom. The highest BCUT2D eigenvalue weighted by molar-refractivity contribution is 7.98. The van der Waals surface area contributed by atoms with E-state index >= 15 is 0 Å². The van der Waals surface area contributed by atoms with Crippen LogP contribution in [0.2, 0.25) is 0 Å². The van der Waals surface area contributed by atoms with Crippen LogP contribution in [-0.2, 0) is 59.2 Å². The van der Waals surface area contributed by atoms with Crippen molar-refractivity contribution in [3.05, 3.63) is 29.8 Å². The Labute approximate surface area is 397 Å². The van der Waals surface area contributed by atoms with Gasteiger partial charge in [-0.3, -0.25) is 47.9 Å². The van der Waals surface area contributed by atoms with Crippen molar-refractivity contribution in [1.82, 2.24) is 42.1 Å². The van der Waals surface area contributed by atoms with Crippen molar-refractivity contribution in [2.75, 3.05) is 31.6 Å². The summed E-state index contributed by atoms with van der Waals surface area (Å²) in [6.07, 6.45) is 0.415. The first kappa shape index (κ1) is 57.6. The molecule has 0 spiro atoms. The number of hydrogen-bond acceptors (Lipinski definition) is 14. The first-order valence-electron chi connectivity index (χ1n) is 22.0. The molecular formula is C43H65N9O15S. The third-order valence-corrected chi connectivity index (χ3v) is 11.2. The van der Waals surface area contributed by atoms with E-state index in [9.17, 15) is 73.2 Å². The monoisotopic (exact) mass is 979 g/mol. The number of hydrogen-bond donors (Lipinski definition) is 12. The van der Waals surface area contributed by atoms with E-state index in [1.54, 1.807) is 27.7 Å². The number of carbonyl (C=O) groups is 11. The molecule has 1 aromatic rings. The summed E-state index contributed by atoms with van der Waals surface area (Å²) in [5.74, 6) is -11.5. The lowest BCUT2D eigenvalue weighted by Gasteiger charge is -2.29. The lowest BCUT2D eigenvalue weighted by Crippen LogP contribution is -2.59. The molecule has 7 atom stereocenters. The predicted octanol–water partition coefficient (Wildman–Crippen LogP) is -2.21. The van der Waals surface area contributed by atoms with Crippen LogP contribution in [0.1, 0.15) is 78.2 Å². The fourth-order valence-corrected chi connectivity index (χ4v) is 7.54. The number of nitrogens with zero attached hydrogens (tertiary/aromatic N) is 1. The Balaban J connectivity index is 2.19. The number of carboxylic acids is 3. The first-order chi connectivity index (χ1) is 32.0. The van der Waals surface area contributed by atoms with E-state index in [4.69, 9.17) is 5.73 Å². The Hall–Kier alpha value is -6.50. The Morgan fingerprint density at radius 1 is 0.721 bits per heavy atom. The summed E-state index contributed by atoms with van der Waals surface area (Å²) in [6.45, 7) is 5.48. The van der Waals surface area contributed by atoms with Crippen molar-refractivity contribution < 1.29 is 73.2 Å². The first-order valence-corrected chi connectivity index (χ1v) is 23.4. The number of rotatable bonds is 29. The molecular weight excluding hydrogens is 915 g/mol. The number of thioether (sulfide) groups is 1. The number of nitrogens with two attached hydrogens (primary N) is 1. The molecule has 0 saturated carbocycles. The molecule has 0 aliphatic carbocycles. The summed E-state index contributed by atoms with van der Waals surface area (Å²) in [5.41, 5.74) is 5.91. The maximum Gasteiger partial charge on any atom is 0.326 e. The van der Waals surface area contributed by atoms with Gasteiger partial charge in [0.1, 0.15) is 48.0 Å². The summed E-state index contributed by atoms with van der Waals surface area (Å²) in [7, 11) is 0. The van der Waals surface area contributed by atoms with E-state index < -0.39 is 139 Å². The van der Waals surface area contributed by atoms with Gasteiger partial charge < -0.3 is 68.3 Å². The zero-order valence-electron chi connectivity index (χ0n) is 38.7. The molecule has 1 aliphatic heterocycles. The van der Waals surface area contributed by atoms with Crippen molar-refractivity contribution >= 4 is 76.9 Å². The molecule has 68 heavy (non-hydrogen) atoms. The fourth-order valence-electron chi connectivity index (χ4n) is 7.07.